The Labute approximate surface area is 138 Å². The lowest BCUT2D eigenvalue weighted by Gasteiger charge is -2.15. The molecule has 1 N–H and O–H groups in total. The molecular formula is C16H17NO5S. The zero-order valence-corrected chi connectivity index (χ0v) is 13.8. The number of nitrogens with one attached hydrogen (secondary N) is 1. The van der Waals surface area contributed by atoms with Crippen LogP contribution in [0.15, 0.2) is 35.7 Å². The fraction of sp³-hybridized carbons (Fsp3) is 0.250. The molecule has 0 spiro atoms. The van der Waals surface area contributed by atoms with E-state index in [1.807, 2.05) is 0 Å². The van der Waals surface area contributed by atoms with E-state index < -0.39 is 12.1 Å². The van der Waals surface area contributed by atoms with E-state index in [1.54, 1.807) is 49.7 Å². The summed E-state index contributed by atoms with van der Waals surface area (Å²) in [7, 11) is 2.85. The smallest absolute Gasteiger partial charge is 0.350 e. The first-order chi connectivity index (χ1) is 11.0. The lowest BCUT2D eigenvalue weighted by molar-refractivity contribution is -0.122. The summed E-state index contributed by atoms with van der Waals surface area (Å²) in [6.07, 6.45) is -0.743. The second-order valence-corrected chi connectivity index (χ2v) is 5.50. The summed E-state index contributed by atoms with van der Waals surface area (Å²) in [4.78, 5) is 24.2. The second-order valence-electron chi connectivity index (χ2n) is 4.58. The highest BCUT2D eigenvalue weighted by molar-refractivity contribution is 7.12. The summed E-state index contributed by atoms with van der Waals surface area (Å²) in [5.41, 5.74) is 0.410. The van der Waals surface area contributed by atoms with Crippen LogP contribution in [0.1, 0.15) is 16.6 Å². The van der Waals surface area contributed by atoms with Gasteiger partial charge in [0, 0.05) is 6.07 Å². The van der Waals surface area contributed by atoms with Crippen LogP contribution in [0.25, 0.3) is 0 Å². The zero-order chi connectivity index (χ0) is 16.8. The molecule has 0 radical (unpaired) electrons. The van der Waals surface area contributed by atoms with E-state index in [0.717, 1.165) is 0 Å². The van der Waals surface area contributed by atoms with Crippen LogP contribution in [0, 0.1) is 0 Å². The number of amides is 1. The molecule has 0 saturated carbocycles. The lowest BCUT2D eigenvalue weighted by atomic mass is 10.3. The SMILES string of the molecule is COC(=O)c1sccc1NC(=O)C(C)Oc1cccc(OC)c1. The maximum absolute atomic E-state index is 12.2. The summed E-state index contributed by atoms with van der Waals surface area (Å²) in [5.74, 6) is 0.305. The third-order valence-electron chi connectivity index (χ3n) is 3.02. The van der Waals surface area contributed by atoms with Gasteiger partial charge in [0.05, 0.1) is 19.9 Å². The molecule has 1 aromatic carbocycles. The van der Waals surface area contributed by atoms with E-state index >= 15 is 0 Å². The molecule has 2 aromatic rings. The molecule has 2 rings (SSSR count). The van der Waals surface area contributed by atoms with Crippen molar-refractivity contribution in [3.05, 3.63) is 40.6 Å². The van der Waals surface area contributed by atoms with E-state index in [2.05, 4.69) is 10.1 Å². The minimum atomic E-state index is -0.743. The minimum Gasteiger partial charge on any atom is -0.497 e. The van der Waals surface area contributed by atoms with E-state index in [9.17, 15) is 9.59 Å². The Morgan fingerprint density at radius 2 is 1.91 bits per heavy atom. The number of hydrogen-bond acceptors (Lipinski definition) is 6. The first-order valence-electron chi connectivity index (χ1n) is 6.82. The number of thiophene rings is 1. The summed E-state index contributed by atoms with van der Waals surface area (Å²) in [5, 5.41) is 4.37. The molecule has 0 fully saturated rings. The monoisotopic (exact) mass is 335 g/mol. The maximum Gasteiger partial charge on any atom is 0.350 e. The molecule has 6 nitrogen and oxygen atoms in total. The van der Waals surface area contributed by atoms with Gasteiger partial charge in [0.1, 0.15) is 16.4 Å². The van der Waals surface area contributed by atoms with Crippen LogP contribution >= 0.6 is 11.3 Å². The number of methoxy groups -OCH3 is 2. The van der Waals surface area contributed by atoms with Crippen molar-refractivity contribution in [2.75, 3.05) is 19.5 Å². The highest BCUT2D eigenvalue weighted by Crippen LogP contribution is 2.24. The highest BCUT2D eigenvalue weighted by Gasteiger charge is 2.20. The van der Waals surface area contributed by atoms with E-state index in [0.29, 0.717) is 22.1 Å². The van der Waals surface area contributed by atoms with Crippen molar-refractivity contribution in [3.63, 3.8) is 0 Å². The normalized spacial score (nSPS) is 11.4. The minimum absolute atomic E-state index is 0.342. The van der Waals surface area contributed by atoms with Crippen molar-refractivity contribution >= 4 is 28.9 Å². The molecule has 1 unspecified atom stereocenters. The fourth-order valence-corrected chi connectivity index (χ4v) is 2.59. The van der Waals surface area contributed by atoms with E-state index in [4.69, 9.17) is 9.47 Å². The molecule has 0 bridgehead atoms. The number of ether oxygens (including phenoxy) is 3. The second kappa shape index (κ2) is 7.64. The summed E-state index contributed by atoms with van der Waals surface area (Å²) < 4.78 is 15.4. The number of esters is 1. The van der Waals surface area contributed by atoms with Crippen molar-refractivity contribution in [3.8, 4) is 11.5 Å². The lowest BCUT2D eigenvalue weighted by Crippen LogP contribution is -2.30. The average Bonchev–Trinajstić information content (AvgIpc) is 3.02. The molecule has 23 heavy (non-hydrogen) atoms. The van der Waals surface area contributed by atoms with Crippen LogP contribution in [0.5, 0.6) is 11.5 Å². The number of rotatable bonds is 6. The number of carbonyl (C=O) groups excluding carboxylic acids is 2. The van der Waals surface area contributed by atoms with Crippen LogP contribution in [0.2, 0.25) is 0 Å². The summed E-state index contributed by atoms with van der Waals surface area (Å²) in [6.45, 7) is 1.62. The van der Waals surface area contributed by atoms with E-state index in [-0.39, 0.29) is 5.91 Å². The van der Waals surface area contributed by atoms with Gasteiger partial charge in [-0.15, -0.1) is 11.3 Å². The molecule has 0 aliphatic rings. The predicted octanol–water partition coefficient (Wildman–Crippen LogP) is 2.95. The summed E-state index contributed by atoms with van der Waals surface area (Å²) >= 11 is 1.20. The highest BCUT2D eigenvalue weighted by atomic mass is 32.1. The van der Waals surface area contributed by atoms with Crippen molar-refractivity contribution in [1.82, 2.24) is 0 Å². The number of benzene rings is 1. The van der Waals surface area contributed by atoms with Gasteiger partial charge in [0.2, 0.25) is 0 Å². The van der Waals surface area contributed by atoms with Crippen molar-refractivity contribution in [2.24, 2.45) is 0 Å². The quantitative estimate of drug-likeness (QED) is 0.822. The van der Waals surface area contributed by atoms with Gasteiger partial charge in [0.15, 0.2) is 6.10 Å². The molecule has 122 valence electrons. The van der Waals surface area contributed by atoms with Crippen molar-refractivity contribution in [1.29, 1.82) is 0 Å². The Balaban J connectivity index is 2.03. The first kappa shape index (κ1) is 16.8. The topological polar surface area (TPSA) is 73.9 Å². The largest absolute Gasteiger partial charge is 0.497 e. The fourth-order valence-electron chi connectivity index (χ4n) is 1.82. The molecular weight excluding hydrogens is 318 g/mol. The van der Waals surface area contributed by atoms with Gasteiger partial charge < -0.3 is 19.5 Å². The van der Waals surface area contributed by atoms with Crippen molar-refractivity contribution in [2.45, 2.75) is 13.0 Å². The van der Waals surface area contributed by atoms with Crippen LogP contribution in [-0.2, 0) is 9.53 Å². The molecule has 1 atom stereocenters. The van der Waals surface area contributed by atoms with Crippen LogP contribution < -0.4 is 14.8 Å². The first-order valence-corrected chi connectivity index (χ1v) is 7.70. The van der Waals surface area contributed by atoms with Gasteiger partial charge in [0.25, 0.3) is 5.91 Å². The van der Waals surface area contributed by atoms with Crippen molar-refractivity contribution < 1.29 is 23.8 Å². The zero-order valence-electron chi connectivity index (χ0n) is 13.0. The molecule has 7 heteroatoms. The van der Waals surface area contributed by atoms with Gasteiger partial charge in [-0.1, -0.05) is 6.07 Å². The number of hydrogen-bond donors (Lipinski definition) is 1. The Morgan fingerprint density at radius 3 is 2.61 bits per heavy atom. The molecule has 0 saturated heterocycles. The molecule has 1 aromatic heterocycles. The molecule has 0 aliphatic heterocycles. The Hall–Kier alpha value is -2.54. The van der Waals surface area contributed by atoms with Gasteiger partial charge in [-0.3, -0.25) is 4.79 Å². The maximum atomic E-state index is 12.2. The number of carbonyl (C=O) groups is 2. The van der Waals surface area contributed by atoms with Crippen LogP contribution in [0.3, 0.4) is 0 Å². The Bertz CT molecular complexity index is 697. The Morgan fingerprint density at radius 1 is 1.17 bits per heavy atom. The Kier molecular flexibility index (Phi) is 5.59. The average molecular weight is 335 g/mol. The predicted molar refractivity (Wildman–Crippen MR) is 87.4 cm³/mol. The van der Waals surface area contributed by atoms with Gasteiger partial charge >= 0.3 is 5.97 Å². The third kappa shape index (κ3) is 4.23. The standard InChI is InChI=1S/C16H17NO5S/c1-10(22-12-6-4-5-11(9-12)20-2)15(18)17-13-7-8-23-14(13)16(19)21-3/h4-10H,1-3H3,(H,17,18). The summed E-state index contributed by atoms with van der Waals surface area (Å²) in [6, 6.07) is 8.62. The van der Waals surface area contributed by atoms with Gasteiger partial charge in [-0.2, -0.15) is 0 Å². The van der Waals surface area contributed by atoms with Gasteiger partial charge in [-0.25, -0.2) is 4.79 Å². The molecule has 0 aliphatic carbocycles. The third-order valence-corrected chi connectivity index (χ3v) is 3.91. The molecule has 1 heterocycles. The van der Waals surface area contributed by atoms with E-state index in [1.165, 1.54) is 18.4 Å². The van der Waals surface area contributed by atoms with Crippen LogP contribution in [0.4, 0.5) is 5.69 Å². The van der Waals surface area contributed by atoms with Gasteiger partial charge in [-0.05, 0) is 30.5 Å². The molecule has 1 amide bonds. The number of anilines is 1. The van der Waals surface area contributed by atoms with Crippen LogP contribution in [-0.4, -0.2) is 32.2 Å².